The van der Waals surface area contributed by atoms with Crippen LogP contribution in [0.1, 0.15) is 25.7 Å². The van der Waals surface area contributed by atoms with Gasteiger partial charge in [-0.2, -0.15) is 0 Å². The summed E-state index contributed by atoms with van der Waals surface area (Å²) in [7, 11) is 1.72. The minimum absolute atomic E-state index is 0.178. The fraction of sp³-hybridized carbons (Fsp3) is 0.917. The van der Waals surface area contributed by atoms with Crippen molar-refractivity contribution in [2.45, 2.75) is 25.7 Å². The molecule has 1 aliphatic carbocycles. The molecule has 0 N–H and O–H groups in total. The molecule has 0 aromatic rings. The van der Waals surface area contributed by atoms with Crippen LogP contribution in [-0.2, 0) is 9.53 Å². The normalized spacial score (nSPS) is 25.7. The molecular weight excluding hydrogens is 232 g/mol. The number of azide groups is 1. The van der Waals surface area contributed by atoms with Gasteiger partial charge in [0, 0.05) is 43.5 Å². The lowest BCUT2D eigenvalue weighted by Gasteiger charge is -2.43. The van der Waals surface area contributed by atoms with E-state index in [9.17, 15) is 4.79 Å². The number of methoxy groups -OCH3 is 1. The van der Waals surface area contributed by atoms with E-state index < -0.39 is 0 Å². The van der Waals surface area contributed by atoms with Crippen molar-refractivity contribution in [2.75, 3.05) is 33.4 Å². The smallest absolute Gasteiger partial charge is 0.222 e. The Hall–Kier alpha value is -1.26. The van der Waals surface area contributed by atoms with Gasteiger partial charge in [-0.05, 0) is 24.3 Å². The molecule has 0 aromatic carbocycles. The van der Waals surface area contributed by atoms with Crippen LogP contribution in [0.4, 0.5) is 0 Å². The summed E-state index contributed by atoms with van der Waals surface area (Å²) in [4.78, 5) is 16.6. The van der Waals surface area contributed by atoms with Crippen LogP contribution in [0.2, 0.25) is 0 Å². The lowest BCUT2D eigenvalue weighted by molar-refractivity contribution is -0.131. The standard InChI is InChI=1S/C12H20N4O2/c1-18-9-12(3-2-4-12)8-16-7-10(5-11(16)17)6-14-15-13/h10H,2-9H2,1H3. The number of likely N-dealkylation sites (tertiary alicyclic amines) is 1. The molecule has 100 valence electrons. The van der Waals surface area contributed by atoms with Gasteiger partial charge in [0.1, 0.15) is 0 Å². The molecule has 0 spiro atoms. The van der Waals surface area contributed by atoms with E-state index in [1.807, 2.05) is 4.90 Å². The highest BCUT2D eigenvalue weighted by atomic mass is 16.5. The van der Waals surface area contributed by atoms with E-state index in [1.165, 1.54) is 6.42 Å². The third-order valence-electron chi connectivity index (χ3n) is 4.09. The number of hydrogen-bond donors (Lipinski definition) is 0. The Labute approximate surface area is 107 Å². The van der Waals surface area contributed by atoms with Gasteiger partial charge in [-0.25, -0.2) is 0 Å². The molecule has 1 saturated carbocycles. The first-order valence-corrected chi connectivity index (χ1v) is 6.47. The Balaban J connectivity index is 1.89. The van der Waals surface area contributed by atoms with E-state index >= 15 is 0 Å². The van der Waals surface area contributed by atoms with Crippen molar-refractivity contribution in [3.8, 4) is 0 Å². The zero-order valence-electron chi connectivity index (χ0n) is 10.8. The fourth-order valence-electron chi connectivity index (χ4n) is 3.02. The van der Waals surface area contributed by atoms with Gasteiger partial charge in [-0.1, -0.05) is 11.5 Å². The van der Waals surface area contributed by atoms with Crippen molar-refractivity contribution >= 4 is 5.91 Å². The van der Waals surface area contributed by atoms with E-state index in [-0.39, 0.29) is 17.2 Å². The SMILES string of the molecule is COCC1(CN2CC(CN=[N+]=[N-])CC2=O)CCC1. The molecule has 1 atom stereocenters. The molecule has 2 fully saturated rings. The molecule has 18 heavy (non-hydrogen) atoms. The van der Waals surface area contributed by atoms with Crippen LogP contribution in [0.3, 0.4) is 0 Å². The molecule has 2 aliphatic rings. The summed E-state index contributed by atoms with van der Waals surface area (Å²) in [5, 5.41) is 3.57. The molecule has 1 amide bonds. The number of amides is 1. The summed E-state index contributed by atoms with van der Waals surface area (Å²) in [6.45, 7) is 2.68. The quantitative estimate of drug-likeness (QED) is 0.411. The summed E-state index contributed by atoms with van der Waals surface area (Å²) in [5.41, 5.74) is 8.48. The van der Waals surface area contributed by atoms with E-state index in [2.05, 4.69) is 10.0 Å². The molecule has 1 heterocycles. The Morgan fingerprint density at radius 2 is 2.39 bits per heavy atom. The van der Waals surface area contributed by atoms with Gasteiger partial charge in [0.05, 0.1) is 6.61 Å². The average Bonchev–Trinajstić information content (AvgIpc) is 2.65. The van der Waals surface area contributed by atoms with Gasteiger partial charge < -0.3 is 9.64 Å². The zero-order chi connectivity index (χ0) is 13.0. The van der Waals surface area contributed by atoms with E-state index in [0.717, 1.165) is 32.5 Å². The second kappa shape index (κ2) is 5.59. The van der Waals surface area contributed by atoms with Crippen molar-refractivity contribution in [2.24, 2.45) is 16.4 Å². The first-order valence-electron chi connectivity index (χ1n) is 6.47. The van der Waals surface area contributed by atoms with Crippen LogP contribution in [0, 0.1) is 11.3 Å². The molecule has 1 unspecified atom stereocenters. The van der Waals surface area contributed by atoms with Crippen LogP contribution in [0.25, 0.3) is 10.4 Å². The van der Waals surface area contributed by atoms with Crippen LogP contribution in [-0.4, -0.2) is 44.2 Å². The summed E-state index contributed by atoms with van der Waals surface area (Å²) < 4.78 is 5.28. The van der Waals surface area contributed by atoms with Gasteiger partial charge in [0.15, 0.2) is 0 Å². The van der Waals surface area contributed by atoms with Crippen LogP contribution in [0.5, 0.6) is 0 Å². The topological polar surface area (TPSA) is 78.3 Å². The number of carbonyl (C=O) groups excluding carboxylic acids is 1. The van der Waals surface area contributed by atoms with E-state index in [4.69, 9.17) is 10.3 Å². The number of hydrogen-bond acceptors (Lipinski definition) is 3. The fourth-order valence-corrected chi connectivity index (χ4v) is 3.02. The van der Waals surface area contributed by atoms with Crippen molar-refractivity contribution in [1.82, 2.24) is 4.90 Å². The van der Waals surface area contributed by atoms with Crippen molar-refractivity contribution in [3.05, 3.63) is 10.4 Å². The predicted octanol–water partition coefficient (Wildman–Crippen LogP) is 1.96. The molecule has 2 rings (SSSR count). The number of ether oxygens (including phenoxy) is 1. The lowest BCUT2D eigenvalue weighted by atomic mass is 9.69. The molecule has 6 heteroatoms. The largest absolute Gasteiger partial charge is 0.384 e. The summed E-state index contributed by atoms with van der Waals surface area (Å²) in [6, 6.07) is 0. The highest BCUT2D eigenvalue weighted by Crippen LogP contribution is 2.42. The predicted molar refractivity (Wildman–Crippen MR) is 66.9 cm³/mol. The first-order chi connectivity index (χ1) is 8.69. The molecule has 0 aromatic heterocycles. The number of rotatable bonds is 6. The van der Waals surface area contributed by atoms with E-state index in [0.29, 0.717) is 13.0 Å². The number of carbonyl (C=O) groups is 1. The van der Waals surface area contributed by atoms with Crippen LogP contribution >= 0.6 is 0 Å². The second-order valence-electron chi connectivity index (χ2n) is 5.54. The molecule has 0 radical (unpaired) electrons. The van der Waals surface area contributed by atoms with Crippen LogP contribution < -0.4 is 0 Å². The van der Waals surface area contributed by atoms with Gasteiger partial charge in [-0.15, -0.1) is 0 Å². The van der Waals surface area contributed by atoms with Crippen molar-refractivity contribution in [1.29, 1.82) is 0 Å². The van der Waals surface area contributed by atoms with Crippen molar-refractivity contribution < 1.29 is 9.53 Å². The van der Waals surface area contributed by atoms with Gasteiger partial charge in [-0.3, -0.25) is 4.79 Å². The van der Waals surface area contributed by atoms with Gasteiger partial charge >= 0.3 is 0 Å². The highest BCUT2D eigenvalue weighted by Gasteiger charge is 2.41. The molecule has 0 bridgehead atoms. The highest BCUT2D eigenvalue weighted by molar-refractivity contribution is 5.78. The maximum Gasteiger partial charge on any atom is 0.222 e. The summed E-state index contributed by atoms with van der Waals surface area (Å²) in [5.74, 6) is 0.378. The summed E-state index contributed by atoms with van der Waals surface area (Å²) >= 11 is 0. The third kappa shape index (κ3) is 2.76. The maximum atomic E-state index is 11.9. The minimum Gasteiger partial charge on any atom is -0.384 e. The van der Waals surface area contributed by atoms with E-state index in [1.54, 1.807) is 7.11 Å². The Kier molecular flexibility index (Phi) is 4.09. The first kappa shape index (κ1) is 13.2. The molecule has 1 aliphatic heterocycles. The Bertz CT molecular complexity index is 361. The van der Waals surface area contributed by atoms with Crippen molar-refractivity contribution in [3.63, 3.8) is 0 Å². The lowest BCUT2D eigenvalue weighted by Crippen LogP contribution is -2.45. The Morgan fingerprint density at radius 1 is 1.61 bits per heavy atom. The minimum atomic E-state index is 0.178. The van der Waals surface area contributed by atoms with Crippen LogP contribution in [0.15, 0.2) is 5.11 Å². The number of nitrogens with zero attached hydrogens (tertiary/aromatic N) is 4. The molecule has 6 nitrogen and oxygen atoms in total. The summed E-state index contributed by atoms with van der Waals surface area (Å²) in [6.07, 6.45) is 4.03. The maximum absolute atomic E-state index is 11.9. The average molecular weight is 252 g/mol. The molecule has 1 saturated heterocycles. The zero-order valence-corrected chi connectivity index (χ0v) is 10.8. The Morgan fingerprint density at radius 3 is 2.94 bits per heavy atom. The third-order valence-corrected chi connectivity index (χ3v) is 4.09. The van der Waals surface area contributed by atoms with Gasteiger partial charge in [0.2, 0.25) is 5.91 Å². The monoisotopic (exact) mass is 252 g/mol. The van der Waals surface area contributed by atoms with Gasteiger partial charge in [0.25, 0.3) is 0 Å². The second-order valence-corrected chi connectivity index (χ2v) is 5.54. The molecular formula is C12H20N4O2.